The van der Waals surface area contributed by atoms with E-state index >= 15 is 0 Å². The van der Waals surface area contributed by atoms with Crippen molar-refractivity contribution < 1.29 is 0 Å². The lowest BCUT2D eigenvalue weighted by Gasteiger charge is -2.44. The van der Waals surface area contributed by atoms with Gasteiger partial charge in [-0.15, -0.1) is 0 Å². The second-order valence-electron chi connectivity index (χ2n) is 5.70. The van der Waals surface area contributed by atoms with Gasteiger partial charge in [-0.1, -0.05) is 23.7 Å². The van der Waals surface area contributed by atoms with Crippen molar-refractivity contribution in [3.05, 3.63) is 28.8 Å². The van der Waals surface area contributed by atoms with Crippen molar-refractivity contribution in [2.24, 2.45) is 0 Å². The fourth-order valence-corrected chi connectivity index (χ4v) is 3.82. The third kappa shape index (κ3) is 2.02. The van der Waals surface area contributed by atoms with Gasteiger partial charge in [0.15, 0.2) is 0 Å². The molecule has 0 aromatic heterocycles. The van der Waals surface area contributed by atoms with Crippen LogP contribution in [0.15, 0.2) is 18.2 Å². The summed E-state index contributed by atoms with van der Waals surface area (Å²) in [6.45, 7) is 8.07. The minimum atomic E-state index is 0.554. The summed E-state index contributed by atoms with van der Waals surface area (Å²) in [5, 5.41) is 0.897. The Kier molecular flexibility index (Phi) is 3.25. The molecule has 2 aliphatic heterocycles. The summed E-state index contributed by atoms with van der Waals surface area (Å²) in [4.78, 5) is 5.16. The average Bonchev–Trinajstić information content (AvgIpc) is 2.76. The predicted molar refractivity (Wildman–Crippen MR) is 77.6 cm³/mol. The van der Waals surface area contributed by atoms with Gasteiger partial charge in [0.25, 0.3) is 0 Å². The molecule has 2 unspecified atom stereocenters. The molecule has 3 heteroatoms. The van der Waals surface area contributed by atoms with Crippen LogP contribution in [0, 0.1) is 6.92 Å². The number of rotatable bonds is 1. The van der Waals surface area contributed by atoms with E-state index in [1.165, 1.54) is 37.2 Å². The van der Waals surface area contributed by atoms with Crippen molar-refractivity contribution in [1.29, 1.82) is 0 Å². The molecule has 0 radical (unpaired) electrons. The Morgan fingerprint density at radius 3 is 2.89 bits per heavy atom. The number of para-hydroxylation sites is 1. The predicted octanol–water partition coefficient (Wildman–Crippen LogP) is 3.32. The number of piperazine rings is 1. The maximum atomic E-state index is 6.42. The lowest BCUT2D eigenvalue weighted by molar-refractivity contribution is 0.203. The first kappa shape index (κ1) is 12.3. The molecule has 18 heavy (non-hydrogen) atoms. The van der Waals surface area contributed by atoms with Crippen molar-refractivity contribution in [2.75, 3.05) is 24.5 Å². The highest BCUT2D eigenvalue weighted by Crippen LogP contribution is 2.35. The molecule has 0 saturated carbocycles. The molecule has 2 aliphatic rings. The molecule has 2 fully saturated rings. The molecule has 0 N–H and O–H groups in total. The standard InChI is InChI=1S/C15H21ClN2/c1-11-5-3-7-14(16)15(11)18-10-13-6-4-8-17(13)9-12(18)2/h3,5,7,12-13H,4,6,8-10H2,1-2H3. The number of hydrogen-bond donors (Lipinski definition) is 0. The minimum absolute atomic E-state index is 0.554. The van der Waals surface area contributed by atoms with Crippen LogP contribution >= 0.6 is 11.6 Å². The smallest absolute Gasteiger partial charge is 0.0642 e. The van der Waals surface area contributed by atoms with E-state index in [1.54, 1.807) is 0 Å². The Morgan fingerprint density at radius 2 is 2.11 bits per heavy atom. The van der Waals surface area contributed by atoms with E-state index in [1.807, 2.05) is 12.1 Å². The van der Waals surface area contributed by atoms with Gasteiger partial charge in [0.05, 0.1) is 10.7 Å². The van der Waals surface area contributed by atoms with Gasteiger partial charge < -0.3 is 4.90 Å². The third-order valence-corrected chi connectivity index (χ3v) is 4.72. The number of nitrogens with zero attached hydrogens (tertiary/aromatic N) is 2. The van der Waals surface area contributed by atoms with Crippen molar-refractivity contribution in [3.8, 4) is 0 Å². The first-order valence-electron chi connectivity index (χ1n) is 6.92. The van der Waals surface area contributed by atoms with Crippen LogP contribution in [0.3, 0.4) is 0 Å². The Labute approximate surface area is 115 Å². The van der Waals surface area contributed by atoms with Gasteiger partial charge in [-0.25, -0.2) is 0 Å². The van der Waals surface area contributed by atoms with Crippen LogP contribution in [-0.4, -0.2) is 36.6 Å². The second kappa shape index (κ2) is 4.75. The highest BCUT2D eigenvalue weighted by Gasteiger charge is 2.35. The first-order valence-corrected chi connectivity index (χ1v) is 7.30. The molecule has 2 atom stereocenters. The van der Waals surface area contributed by atoms with Crippen LogP contribution in [0.2, 0.25) is 5.02 Å². The lowest BCUT2D eigenvalue weighted by atomic mass is 10.0. The van der Waals surface area contributed by atoms with E-state index in [-0.39, 0.29) is 0 Å². The molecule has 2 nitrogen and oxygen atoms in total. The van der Waals surface area contributed by atoms with Gasteiger partial charge in [-0.2, -0.15) is 0 Å². The van der Waals surface area contributed by atoms with Gasteiger partial charge in [0, 0.05) is 25.2 Å². The van der Waals surface area contributed by atoms with E-state index in [0.29, 0.717) is 6.04 Å². The third-order valence-electron chi connectivity index (χ3n) is 4.41. The molecule has 0 bridgehead atoms. The normalized spacial score (nSPS) is 28.5. The summed E-state index contributed by atoms with van der Waals surface area (Å²) in [5.41, 5.74) is 2.54. The monoisotopic (exact) mass is 264 g/mol. The SMILES string of the molecule is Cc1cccc(Cl)c1N1CC2CCCN2CC1C. The summed E-state index contributed by atoms with van der Waals surface area (Å²) < 4.78 is 0. The number of benzene rings is 1. The highest BCUT2D eigenvalue weighted by atomic mass is 35.5. The molecule has 0 spiro atoms. The quantitative estimate of drug-likeness (QED) is 0.768. The average molecular weight is 265 g/mol. The summed E-state index contributed by atoms with van der Waals surface area (Å²) >= 11 is 6.42. The second-order valence-corrected chi connectivity index (χ2v) is 6.10. The van der Waals surface area contributed by atoms with Gasteiger partial charge in [-0.05, 0) is 44.9 Å². The first-order chi connectivity index (χ1) is 8.66. The number of anilines is 1. The minimum Gasteiger partial charge on any atom is -0.365 e. The Hall–Kier alpha value is -0.730. The summed E-state index contributed by atoms with van der Waals surface area (Å²) in [6.07, 6.45) is 2.69. The van der Waals surface area contributed by atoms with Crippen molar-refractivity contribution >= 4 is 17.3 Å². The molecule has 1 aromatic carbocycles. The van der Waals surface area contributed by atoms with Gasteiger partial charge in [0.2, 0.25) is 0 Å². The topological polar surface area (TPSA) is 6.48 Å². The zero-order valence-corrected chi connectivity index (χ0v) is 12.0. The van der Waals surface area contributed by atoms with Crippen LogP contribution in [0.25, 0.3) is 0 Å². The van der Waals surface area contributed by atoms with E-state index in [0.717, 1.165) is 17.6 Å². The molecular formula is C15H21ClN2. The molecule has 0 amide bonds. The lowest BCUT2D eigenvalue weighted by Crippen LogP contribution is -2.55. The Bertz CT molecular complexity index is 426. The fourth-order valence-electron chi connectivity index (χ4n) is 3.49. The summed E-state index contributed by atoms with van der Waals surface area (Å²) in [6, 6.07) is 7.50. The summed E-state index contributed by atoms with van der Waals surface area (Å²) in [7, 11) is 0. The number of aryl methyl sites for hydroxylation is 1. The zero-order chi connectivity index (χ0) is 12.7. The van der Waals surface area contributed by atoms with Crippen molar-refractivity contribution in [1.82, 2.24) is 4.90 Å². The number of hydrogen-bond acceptors (Lipinski definition) is 2. The van der Waals surface area contributed by atoms with Crippen LogP contribution < -0.4 is 4.90 Å². The molecular weight excluding hydrogens is 244 g/mol. The maximum absolute atomic E-state index is 6.42. The van der Waals surface area contributed by atoms with Gasteiger partial charge in [0.1, 0.15) is 0 Å². The zero-order valence-electron chi connectivity index (χ0n) is 11.2. The summed E-state index contributed by atoms with van der Waals surface area (Å²) in [5.74, 6) is 0. The van der Waals surface area contributed by atoms with Gasteiger partial charge >= 0.3 is 0 Å². The molecule has 2 saturated heterocycles. The molecule has 3 rings (SSSR count). The largest absolute Gasteiger partial charge is 0.365 e. The molecule has 98 valence electrons. The van der Waals surface area contributed by atoms with Crippen LogP contribution in [0.5, 0.6) is 0 Å². The fraction of sp³-hybridized carbons (Fsp3) is 0.600. The molecule has 1 aromatic rings. The highest BCUT2D eigenvalue weighted by molar-refractivity contribution is 6.33. The van der Waals surface area contributed by atoms with E-state index in [9.17, 15) is 0 Å². The Balaban J connectivity index is 1.91. The van der Waals surface area contributed by atoms with E-state index in [2.05, 4.69) is 29.7 Å². The van der Waals surface area contributed by atoms with Crippen molar-refractivity contribution in [2.45, 2.75) is 38.8 Å². The molecule has 0 aliphatic carbocycles. The maximum Gasteiger partial charge on any atom is 0.0642 e. The van der Waals surface area contributed by atoms with Crippen LogP contribution in [0.1, 0.15) is 25.3 Å². The van der Waals surface area contributed by atoms with E-state index in [4.69, 9.17) is 11.6 Å². The Morgan fingerprint density at radius 1 is 1.28 bits per heavy atom. The van der Waals surface area contributed by atoms with Crippen LogP contribution in [-0.2, 0) is 0 Å². The number of halogens is 1. The van der Waals surface area contributed by atoms with E-state index < -0.39 is 0 Å². The van der Waals surface area contributed by atoms with Crippen LogP contribution in [0.4, 0.5) is 5.69 Å². The molecule has 2 heterocycles. The van der Waals surface area contributed by atoms with Crippen molar-refractivity contribution in [3.63, 3.8) is 0 Å². The number of fused-ring (bicyclic) bond motifs is 1. The van der Waals surface area contributed by atoms with Gasteiger partial charge in [-0.3, -0.25) is 4.90 Å².